The van der Waals surface area contributed by atoms with Crippen molar-refractivity contribution < 1.29 is 0 Å². The van der Waals surface area contributed by atoms with Crippen molar-refractivity contribution in [1.29, 1.82) is 0 Å². The summed E-state index contributed by atoms with van der Waals surface area (Å²) in [6, 6.07) is 0. The lowest BCUT2D eigenvalue weighted by Gasteiger charge is -2.19. The average molecular weight is 181 g/mol. The first kappa shape index (κ1) is 12.3. The van der Waals surface area contributed by atoms with Gasteiger partial charge < -0.3 is 5.32 Å². The largest absolute Gasteiger partial charge is 0.388 e. The van der Waals surface area contributed by atoms with Crippen LogP contribution in [0.1, 0.15) is 34.6 Å². The molecule has 0 atom stereocenters. The third kappa shape index (κ3) is 3.67. The summed E-state index contributed by atoms with van der Waals surface area (Å²) in [5.74, 6) is 1.10. The molecular weight excluding hydrogens is 158 g/mol. The summed E-state index contributed by atoms with van der Waals surface area (Å²) in [6.07, 6.45) is 1.97. The monoisotopic (exact) mass is 181 g/mol. The van der Waals surface area contributed by atoms with Crippen LogP contribution in [0.3, 0.4) is 0 Å². The maximum absolute atomic E-state index is 3.87. The Morgan fingerprint density at radius 1 is 1.23 bits per heavy atom. The van der Waals surface area contributed by atoms with Gasteiger partial charge in [0.15, 0.2) is 0 Å². The highest BCUT2D eigenvalue weighted by molar-refractivity contribution is 5.26. The van der Waals surface area contributed by atoms with Gasteiger partial charge in [0.05, 0.1) is 0 Å². The van der Waals surface area contributed by atoms with Crippen LogP contribution in [0.5, 0.6) is 0 Å². The maximum Gasteiger partial charge on any atom is 0.0167 e. The molecule has 0 aromatic rings. The lowest BCUT2D eigenvalue weighted by Crippen LogP contribution is -2.20. The molecule has 0 saturated carbocycles. The SMILES string of the molecule is C=C/C(=C(\NCC)C(C)C)C(C)C. The molecule has 0 unspecified atom stereocenters. The van der Waals surface area contributed by atoms with Crippen LogP contribution in [-0.2, 0) is 0 Å². The van der Waals surface area contributed by atoms with Crippen LogP contribution in [-0.4, -0.2) is 6.54 Å². The second-order valence-electron chi connectivity index (χ2n) is 3.91. The van der Waals surface area contributed by atoms with E-state index in [0.29, 0.717) is 11.8 Å². The number of rotatable bonds is 5. The smallest absolute Gasteiger partial charge is 0.0167 e. The van der Waals surface area contributed by atoms with Crippen molar-refractivity contribution in [3.05, 3.63) is 23.9 Å². The fraction of sp³-hybridized carbons (Fsp3) is 0.667. The standard InChI is InChI=1S/C12H23N/c1-7-11(9(3)4)12(10(5)6)13-8-2/h7,9-10,13H,1,8H2,2-6H3/b12-11+. The second kappa shape index (κ2) is 5.85. The lowest BCUT2D eigenvalue weighted by atomic mass is 9.95. The summed E-state index contributed by atoms with van der Waals surface area (Å²) in [6.45, 7) is 15.8. The van der Waals surface area contributed by atoms with Gasteiger partial charge in [-0.3, -0.25) is 0 Å². The minimum Gasteiger partial charge on any atom is -0.388 e. The average Bonchev–Trinajstić information content (AvgIpc) is 2.03. The third-order valence-corrected chi connectivity index (χ3v) is 2.10. The first-order valence-corrected chi connectivity index (χ1v) is 5.14. The Balaban J connectivity index is 4.88. The van der Waals surface area contributed by atoms with E-state index in [9.17, 15) is 0 Å². The van der Waals surface area contributed by atoms with E-state index >= 15 is 0 Å². The molecule has 76 valence electrons. The van der Waals surface area contributed by atoms with E-state index in [2.05, 4.69) is 46.5 Å². The topological polar surface area (TPSA) is 12.0 Å². The second-order valence-corrected chi connectivity index (χ2v) is 3.91. The van der Waals surface area contributed by atoms with Crippen LogP contribution in [0.25, 0.3) is 0 Å². The molecule has 0 rings (SSSR count). The summed E-state index contributed by atoms with van der Waals surface area (Å²) in [7, 11) is 0. The Bertz CT molecular complexity index is 187. The highest BCUT2D eigenvalue weighted by atomic mass is 14.9. The molecule has 0 amide bonds. The number of hydrogen-bond donors (Lipinski definition) is 1. The molecule has 0 radical (unpaired) electrons. The van der Waals surface area contributed by atoms with Gasteiger partial charge in [-0.05, 0) is 24.3 Å². The molecule has 0 heterocycles. The molecule has 0 aromatic heterocycles. The summed E-state index contributed by atoms with van der Waals surface area (Å²) in [4.78, 5) is 0. The molecule has 0 aliphatic rings. The molecule has 0 saturated heterocycles. The minimum atomic E-state index is 0.550. The lowest BCUT2D eigenvalue weighted by molar-refractivity contribution is 0.630. The first-order chi connectivity index (χ1) is 6.04. The van der Waals surface area contributed by atoms with Gasteiger partial charge in [0.2, 0.25) is 0 Å². The van der Waals surface area contributed by atoms with Crippen molar-refractivity contribution in [2.45, 2.75) is 34.6 Å². The predicted octanol–water partition coefficient (Wildman–Crippen LogP) is 3.35. The molecule has 0 bridgehead atoms. The van der Waals surface area contributed by atoms with E-state index < -0.39 is 0 Å². The van der Waals surface area contributed by atoms with Crippen molar-refractivity contribution in [2.24, 2.45) is 11.8 Å². The zero-order chi connectivity index (χ0) is 10.4. The van der Waals surface area contributed by atoms with Crippen LogP contribution >= 0.6 is 0 Å². The quantitative estimate of drug-likeness (QED) is 0.641. The summed E-state index contributed by atoms with van der Waals surface area (Å²) in [5, 5.41) is 3.42. The maximum atomic E-state index is 3.87. The molecule has 1 nitrogen and oxygen atoms in total. The van der Waals surface area contributed by atoms with Gasteiger partial charge in [-0.25, -0.2) is 0 Å². The molecule has 0 aromatic carbocycles. The fourth-order valence-electron chi connectivity index (χ4n) is 1.49. The predicted molar refractivity (Wildman–Crippen MR) is 60.6 cm³/mol. The first-order valence-electron chi connectivity index (χ1n) is 5.14. The van der Waals surface area contributed by atoms with Crippen molar-refractivity contribution in [3.8, 4) is 0 Å². The van der Waals surface area contributed by atoms with Gasteiger partial charge in [-0.1, -0.05) is 40.3 Å². The molecule has 1 N–H and O–H groups in total. The Kier molecular flexibility index (Phi) is 5.52. The van der Waals surface area contributed by atoms with Gasteiger partial charge in [0, 0.05) is 12.2 Å². The molecule has 0 aliphatic carbocycles. The van der Waals surface area contributed by atoms with Gasteiger partial charge in [-0.15, -0.1) is 0 Å². The summed E-state index contributed by atoms with van der Waals surface area (Å²) < 4.78 is 0. The van der Waals surface area contributed by atoms with Crippen LogP contribution in [0, 0.1) is 11.8 Å². The molecule has 0 fully saturated rings. The molecule has 1 heteroatoms. The number of hydrogen-bond acceptors (Lipinski definition) is 1. The van der Waals surface area contributed by atoms with Crippen LogP contribution in [0.15, 0.2) is 23.9 Å². The third-order valence-electron chi connectivity index (χ3n) is 2.10. The van der Waals surface area contributed by atoms with Gasteiger partial charge in [0.1, 0.15) is 0 Å². The van der Waals surface area contributed by atoms with Crippen molar-refractivity contribution in [3.63, 3.8) is 0 Å². The minimum absolute atomic E-state index is 0.550. The molecular formula is C12H23N. The van der Waals surface area contributed by atoms with E-state index in [0.717, 1.165) is 6.54 Å². The van der Waals surface area contributed by atoms with Crippen LogP contribution in [0.2, 0.25) is 0 Å². The van der Waals surface area contributed by atoms with E-state index in [4.69, 9.17) is 0 Å². The summed E-state index contributed by atoms with van der Waals surface area (Å²) in [5.41, 5.74) is 2.68. The normalized spacial score (nSPS) is 13.2. The van der Waals surface area contributed by atoms with Gasteiger partial charge >= 0.3 is 0 Å². The summed E-state index contributed by atoms with van der Waals surface area (Å²) >= 11 is 0. The molecule has 0 spiro atoms. The highest BCUT2D eigenvalue weighted by Crippen LogP contribution is 2.19. The van der Waals surface area contributed by atoms with E-state index in [1.54, 1.807) is 0 Å². The van der Waals surface area contributed by atoms with Crippen molar-refractivity contribution in [1.82, 2.24) is 5.32 Å². The Hall–Kier alpha value is -0.720. The van der Waals surface area contributed by atoms with E-state index in [-0.39, 0.29) is 0 Å². The van der Waals surface area contributed by atoms with Crippen molar-refractivity contribution >= 4 is 0 Å². The molecule has 0 aliphatic heterocycles. The molecule has 13 heavy (non-hydrogen) atoms. The number of nitrogens with one attached hydrogen (secondary N) is 1. The zero-order valence-electron chi connectivity index (χ0n) is 9.65. The van der Waals surface area contributed by atoms with Gasteiger partial charge in [-0.2, -0.15) is 0 Å². The Morgan fingerprint density at radius 3 is 2.00 bits per heavy atom. The number of allylic oxidation sites excluding steroid dienone is 3. The fourth-order valence-corrected chi connectivity index (χ4v) is 1.49. The van der Waals surface area contributed by atoms with Crippen LogP contribution in [0.4, 0.5) is 0 Å². The van der Waals surface area contributed by atoms with Crippen LogP contribution < -0.4 is 5.32 Å². The zero-order valence-corrected chi connectivity index (χ0v) is 9.65. The van der Waals surface area contributed by atoms with E-state index in [1.165, 1.54) is 11.3 Å². The highest BCUT2D eigenvalue weighted by Gasteiger charge is 2.09. The van der Waals surface area contributed by atoms with Crippen molar-refractivity contribution in [2.75, 3.05) is 6.54 Å². The Labute approximate surface area is 82.9 Å². The Morgan fingerprint density at radius 2 is 1.77 bits per heavy atom. The van der Waals surface area contributed by atoms with Gasteiger partial charge in [0.25, 0.3) is 0 Å². The van der Waals surface area contributed by atoms with E-state index in [1.807, 2.05) is 6.08 Å².